The van der Waals surface area contributed by atoms with Crippen LogP contribution in [0.1, 0.15) is 45.4 Å². The zero-order valence-electron chi connectivity index (χ0n) is 12.5. The molecule has 1 aliphatic carbocycles. The van der Waals surface area contributed by atoms with Gasteiger partial charge in [0.15, 0.2) is 0 Å². The van der Waals surface area contributed by atoms with Crippen molar-refractivity contribution in [2.75, 3.05) is 26.7 Å². The maximum Gasteiger partial charge on any atom is 0.238 e. The molecule has 0 spiro atoms. The van der Waals surface area contributed by atoms with Crippen molar-refractivity contribution in [1.29, 1.82) is 0 Å². The summed E-state index contributed by atoms with van der Waals surface area (Å²) in [6.07, 6.45) is 7.90. The topological polar surface area (TPSA) is 44.4 Å². The molecule has 1 heterocycles. The van der Waals surface area contributed by atoms with Crippen molar-refractivity contribution in [2.24, 2.45) is 5.92 Å². The van der Waals surface area contributed by atoms with E-state index in [4.69, 9.17) is 0 Å². The number of carbonyl (C=O) groups is 1. The van der Waals surface area contributed by atoms with Crippen molar-refractivity contribution in [3.05, 3.63) is 0 Å². The second kappa shape index (κ2) is 7.25. The Balaban J connectivity index is 2.11. The number of hydrogen-bond donors (Lipinski definition) is 2. The van der Waals surface area contributed by atoms with Crippen molar-refractivity contribution in [1.82, 2.24) is 15.5 Å². The third kappa shape index (κ3) is 3.93. The normalized spacial score (nSPS) is 31.6. The lowest BCUT2D eigenvalue weighted by atomic mass is 10.0. The van der Waals surface area contributed by atoms with Gasteiger partial charge < -0.3 is 10.6 Å². The van der Waals surface area contributed by atoms with Gasteiger partial charge in [0.25, 0.3) is 0 Å². The Labute approximate surface area is 117 Å². The minimum absolute atomic E-state index is 0.0121. The quantitative estimate of drug-likeness (QED) is 0.759. The molecule has 1 saturated heterocycles. The zero-order valence-corrected chi connectivity index (χ0v) is 12.5. The molecule has 4 nitrogen and oxygen atoms in total. The third-order valence-corrected chi connectivity index (χ3v) is 4.54. The van der Waals surface area contributed by atoms with Crippen molar-refractivity contribution < 1.29 is 4.79 Å². The van der Waals surface area contributed by atoms with Gasteiger partial charge in [-0.25, -0.2) is 0 Å². The fourth-order valence-electron chi connectivity index (χ4n) is 3.49. The molecule has 2 atom stereocenters. The standard InChI is InChI=1S/C15H29N3O/c1-12-9-17-15(19)14(10-16-2)18(11-12)13-7-5-3-4-6-8-13/h12-14,16H,3-11H2,1-2H3,(H,17,19). The van der Waals surface area contributed by atoms with E-state index < -0.39 is 0 Å². The Morgan fingerprint density at radius 3 is 2.58 bits per heavy atom. The summed E-state index contributed by atoms with van der Waals surface area (Å²) in [5.41, 5.74) is 0. The van der Waals surface area contributed by atoms with Crippen molar-refractivity contribution in [3.63, 3.8) is 0 Å². The summed E-state index contributed by atoms with van der Waals surface area (Å²) in [5.74, 6) is 0.761. The lowest BCUT2D eigenvalue weighted by Gasteiger charge is -2.36. The van der Waals surface area contributed by atoms with E-state index in [1.54, 1.807) is 0 Å². The van der Waals surface area contributed by atoms with Gasteiger partial charge in [0.05, 0.1) is 0 Å². The molecule has 0 aromatic carbocycles. The van der Waals surface area contributed by atoms with Gasteiger partial charge in [-0.2, -0.15) is 0 Å². The van der Waals surface area contributed by atoms with E-state index >= 15 is 0 Å². The minimum atomic E-state index is 0.0121. The smallest absolute Gasteiger partial charge is 0.238 e. The Hall–Kier alpha value is -0.610. The summed E-state index contributed by atoms with van der Waals surface area (Å²) in [5, 5.41) is 6.29. The highest BCUT2D eigenvalue weighted by Gasteiger charge is 2.34. The first-order chi connectivity index (χ1) is 9.22. The number of carbonyl (C=O) groups excluding carboxylic acids is 1. The highest BCUT2D eigenvalue weighted by atomic mass is 16.2. The molecule has 2 unspecified atom stereocenters. The number of rotatable bonds is 3. The van der Waals surface area contributed by atoms with Gasteiger partial charge >= 0.3 is 0 Å². The summed E-state index contributed by atoms with van der Waals surface area (Å²) >= 11 is 0. The maximum absolute atomic E-state index is 12.3. The largest absolute Gasteiger partial charge is 0.354 e. The molecule has 4 heteroatoms. The lowest BCUT2D eigenvalue weighted by Crippen LogP contribution is -2.53. The van der Waals surface area contributed by atoms with Crippen LogP contribution in [0.25, 0.3) is 0 Å². The molecular formula is C15H29N3O. The second-order valence-electron chi connectivity index (χ2n) is 6.27. The van der Waals surface area contributed by atoms with Crippen LogP contribution in [0.5, 0.6) is 0 Å². The van der Waals surface area contributed by atoms with Crippen molar-refractivity contribution in [3.8, 4) is 0 Å². The van der Waals surface area contributed by atoms with E-state index in [1.165, 1.54) is 38.5 Å². The van der Waals surface area contributed by atoms with Crippen LogP contribution in [0.3, 0.4) is 0 Å². The van der Waals surface area contributed by atoms with Gasteiger partial charge in [-0.05, 0) is 25.8 Å². The molecular weight excluding hydrogens is 238 g/mol. The van der Waals surface area contributed by atoms with Gasteiger partial charge in [-0.1, -0.05) is 32.6 Å². The number of nitrogens with one attached hydrogen (secondary N) is 2. The molecule has 2 aliphatic rings. The molecule has 0 bridgehead atoms. The fourth-order valence-corrected chi connectivity index (χ4v) is 3.49. The van der Waals surface area contributed by atoms with Crippen LogP contribution in [0, 0.1) is 5.92 Å². The van der Waals surface area contributed by atoms with E-state index in [1.807, 2.05) is 7.05 Å². The first kappa shape index (κ1) is 14.8. The van der Waals surface area contributed by atoms with Crippen molar-refractivity contribution in [2.45, 2.75) is 57.5 Å². The van der Waals surface area contributed by atoms with E-state index in [-0.39, 0.29) is 11.9 Å². The molecule has 1 aliphatic heterocycles. The summed E-state index contributed by atoms with van der Waals surface area (Å²) in [6.45, 7) is 4.87. The average Bonchev–Trinajstić information content (AvgIpc) is 2.74. The van der Waals surface area contributed by atoms with E-state index in [0.717, 1.165) is 19.6 Å². The van der Waals surface area contributed by atoms with Gasteiger partial charge in [-0.15, -0.1) is 0 Å². The third-order valence-electron chi connectivity index (χ3n) is 4.54. The van der Waals surface area contributed by atoms with Gasteiger partial charge in [0.1, 0.15) is 6.04 Å². The predicted molar refractivity (Wildman–Crippen MR) is 78.1 cm³/mol. The molecule has 19 heavy (non-hydrogen) atoms. The Kier molecular flexibility index (Phi) is 5.64. The highest BCUT2D eigenvalue weighted by molar-refractivity contribution is 5.82. The maximum atomic E-state index is 12.3. The molecule has 110 valence electrons. The summed E-state index contributed by atoms with van der Waals surface area (Å²) < 4.78 is 0. The minimum Gasteiger partial charge on any atom is -0.354 e. The summed E-state index contributed by atoms with van der Waals surface area (Å²) in [4.78, 5) is 14.8. The van der Waals surface area contributed by atoms with E-state index in [0.29, 0.717) is 12.0 Å². The highest BCUT2D eigenvalue weighted by Crippen LogP contribution is 2.25. The van der Waals surface area contributed by atoms with Crippen molar-refractivity contribution >= 4 is 5.91 Å². The van der Waals surface area contributed by atoms with Gasteiger partial charge in [-0.3, -0.25) is 9.69 Å². The number of likely N-dealkylation sites (N-methyl/N-ethyl adjacent to an activating group) is 1. The van der Waals surface area contributed by atoms with Gasteiger partial charge in [0, 0.05) is 25.7 Å². The predicted octanol–water partition coefficient (Wildman–Crippen LogP) is 1.37. The SMILES string of the molecule is CNCC1C(=O)NCC(C)CN1C1CCCCCC1. The Morgan fingerprint density at radius 2 is 1.95 bits per heavy atom. The van der Waals surface area contributed by atoms with Crippen LogP contribution in [0.2, 0.25) is 0 Å². The molecule has 0 aromatic heterocycles. The van der Waals surface area contributed by atoms with E-state index in [9.17, 15) is 4.79 Å². The molecule has 2 N–H and O–H groups in total. The first-order valence-electron chi connectivity index (χ1n) is 7.90. The lowest BCUT2D eigenvalue weighted by molar-refractivity contribution is -0.126. The average molecular weight is 267 g/mol. The van der Waals surface area contributed by atoms with Crippen LogP contribution in [-0.2, 0) is 4.79 Å². The molecule has 2 fully saturated rings. The second-order valence-corrected chi connectivity index (χ2v) is 6.27. The number of nitrogens with zero attached hydrogens (tertiary/aromatic N) is 1. The van der Waals surface area contributed by atoms with E-state index in [2.05, 4.69) is 22.5 Å². The summed E-state index contributed by atoms with van der Waals surface area (Å²) in [7, 11) is 1.94. The van der Waals surface area contributed by atoms with Crippen LogP contribution in [0.4, 0.5) is 0 Å². The van der Waals surface area contributed by atoms with Crippen LogP contribution >= 0.6 is 0 Å². The molecule has 1 saturated carbocycles. The first-order valence-corrected chi connectivity index (χ1v) is 7.90. The molecule has 1 amide bonds. The number of hydrogen-bond acceptors (Lipinski definition) is 3. The van der Waals surface area contributed by atoms with Crippen LogP contribution in [0.15, 0.2) is 0 Å². The fraction of sp³-hybridized carbons (Fsp3) is 0.933. The zero-order chi connectivity index (χ0) is 13.7. The number of amides is 1. The molecule has 0 radical (unpaired) electrons. The Bertz CT molecular complexity index is 287. The molecule has 2 rings (SSSR count). The Morgan fingerprint density at radius 1 is 1.26 bits per heavy atom. The summed E-state index contributed by atoms with van der Waals surface area (Å²) in [6, 6.07) is 0.616. The van der Waals surface area contributed by atoms with Gasteiger partial charge in [0.2, 0.25) is 5.91 Å². The van der Waals surface area contributed by atoms with Crippen LogP contribution < -0.4 is 10.6 Å². The molecule has 0 aromatic rings. The monoisotopic (exact) mass is 267 g/mol. The van der Waals surface area contributed by atoms with Crippen LogP contribution in [-0.4, -0.2) is 49.6 Å².